The highest BCUT2D eigenvalue weighted by Crippen LogP contribution is 2.34. The number of nitrogen functional groups attached to an aromatic ring is 1. The molecule has 3 aromatic heterocycles. The third-order valence-electron chi connectivity index (χ3n) is 5.07. The van der Waals surface area contributed by atoms with Gasteiger partial charge in [-0.3, -0.25) is 19.1 Å². The summed E-state index contributed by atoms with van der Waals surface area (Å²) in [5.41, 5.74) is 3.60. The summed E-state index contributed by atoms with van der Waals surface area (Å²) in [5, 5.41) is 0. The van der Waals surface area contributed by atoms with Gasteiger partial charge in [0, 0.05) is 36.8 Å². The van der Waals surface area contributed by atoms with Crippen molar-refractivity contribution in [2.75, 3.05) is 5.73 Å². The van der Waals surface area contributed by atoms with Gasteiger partial charge in [-0.15, -0.1) is 0 Å². The van der Waals surface area contributed by atoms with Crippen molar-refractivity contribution in [1.29, 1.82) is 0 Å². The van der Waals surface area contributed by atoms with Crippen LogP contribution < -0.4 is 21.6 Å². The summed E-state index contributed by atoms with van der Waals surface area (Å²) in [6, 6.07) is 8.05. The molecule has 0 amide bonds. The van der Waals surface area contributed by atoms with Crippen LogP contribution in [0.15, 0.2) is 64.4 Å². The lowest BCUT2D eigenvalue weighted by molar-refractivity contribution is -0.137. The number of benzene rings is 1. The average Bonchev–Trinajstić information content (AvgIpc) is 2.76. The number of alkyl halides is 5. The summed E-state index contributed by atoms with van der Waals surface area (Å²) in [7, 11) is 1.46. The van der Waals surface area contributed by atoms with Crippen LogP contribution in [0.3, 0.4) is 0 Å². The maximum Gasteiger partial charge on any atom is 0.417 e. The predicted octanol–water partition coefficient (Wildman–Crippen LogP) is 3.95. The molecule has 0 saturated carbocycles. The van der Waals surface area contributed by atoms with Gasteiger partial charge in [-0.05, 0) is 36.4 Å². The molecule has 0 bridgehead atoms. The molecular weight excluding hydrogens is 463 g/mol. The van der Waals surface area contributed by atoms with Gasteiger partial charge in [-0.25, -0.2) is 0 Å². The Morgan fingerprint density at radius 2 is 1.74 bits per heavy atom. The number of aromatic nitrogens is 3. The molecule has 0 fully saturated rings. The molecule has 0 saturated heterocycles. The molecular formula is C22H15F5N4O3. The van der Waals surface area contributed by atoms with Crippen LogP contribution in [-0.2, 0) is 13.2 Å². The van der Waals surface area contributed by atoms with E-state index in [0.29, 0.717) is 6.20 Å². The van der Waals surface area contributed by atoms with Crippen molar-refractivity contribution in [2.24, 2.45) is 7.05 Å². The predicted molar refractivity (Wildman–Crippen MR) is 114 cm³/mol. The van der Waals surface area contributed by atoms with Crippen molar-refractivity contribution in [3.8, 4) is 22.6 Å². The number of rotatable bonds is 4. The number of hydrogen-bond acceptors (Lipinski definition) is 5. The topological polar surface area (TPSA) is 92.1 Å². The number of ether oxygens (including phenoxy) is 1. The minimum atomic E-state index is -4.75. The fourth-order valence-electron chi connectivity index (χ4n) is 3.49. The summed E-state index contributed by atoms with van der Waals surface area (Å²) < 4.78 is 71.5. The van der Waals surface area contributed by atoms with Crippen LogP contribution in [0.1, 0.15) is 5.56 Å². The zero-order chi connectivity index (χ0) is 24.8. The molecule has 0 atom stereocenters. The van der Waals surface area contributed by atoms with Crippen molar-refractivity contribution in [3.05, 3.63) is 81.1 Å². The van der Waals surface area contributed by atoms with Crippen molar-refractivity contribution < 1.29 is 26.7 Å². The fourth-order valence-corrected chi connectivity index (χ4v) is 3.49. The van der Waals surface area contributed by atoms with E-state index in [0.717, 1.165) is 22.8 Å². The van der Waals surface area contributed by atoms with Gasteiger partial charge < -0.3 is 15.0 Å². The van der Waals surface area contributed by atoms with Gasteiger partial charge in [-0.1, -0.05) is 0 Å². The number of halogens is 5. The van der Waals surface area contributed by atoms with E-state index in [1.54, 1.807) is 0 Å². The first-order chi connectivity index (χ1) is 16.0. The highest BCUT2D eigenvalue weighted by Gasteiger charge is 2.32. The SMILES string of the molecule is Cn1cc(-c2c(N)c3ncc(C(F)(F)F)cc3n(-c3ccc(OC(F)F)cc3)c2=O)ccc1=O. The molecule has 4 aromatic rings. The largest absolute Gasteiger partial charge is 0.435 e. The zero-order valence-corrected chi connectivity index (χ0v) is 17.3. The first kappa shape index (κ1) is 23.0. The van der Waals surface area contributed by atoms with E-state index in [1.165, 1.54) is 42.1 Å². The standard InChI is InChI=1S/C22H15F5N4O3/c1-30-10-11(2-7-16(30)32)17-18(28)19-15(8-12(9-29-19)22(25,26)27)31(20(17)33)13-3-5-14(6-4-13)34-21(23)24/h2-10,21H,28H2,1H3. The molecule has 34 heavy (non-hydrogen) atoms. The van der Waals surface area contributed by atoms with E-state index in [1.807, 2.05) is 0 Å². The summed E-state index contributed by atoms with van der Waals surface area (Å²) in [6.07, 6.45) is -2.80. The van der Waals surface area contributed by atoms with Crippen LogP contribution >= 0.6 is 0 Å². The Labute approximate surface area is 187 Å². The van der Waals surface area contributed by atoms with Crippen LogP contribution in [0, 0.1) is 0 Å². The second-order valence-corrected chi connectivity index (χ2v) is 7.26. The molecule has 12 heteroatoms. The highest BCUT2D eigenvalue weighted by molar-refractivity contribution is 5.96. The number of aryl methyl sites for hydroxylation is 1. The van der Waals surface area contributed by atoms with Crippen LogP contribution in [0.5, 0.6) is 5.75 Å². The second-order valence-electron chi connectivity index (χ2n) is 7.26. The van der Waals surface area contributed by atoms with Crippen molar-refractivity contribution in [1.82, 2.24) is 14.1 Å². The molecule has 0 aliphatic rings. The van der Waals surface area contributed by atoms with Crippen LogP contribution in [-0.4, -0.2) is 20.7 Å². The number of anilines is 1. The molecule has 0 spiro atoms. The van der Waals surface area contributed by atoms with Crippen molar-refractivity contribution in [2.45, 2.75) is 12.8 Å². The van der Waals surface area contributed by atoms with Gasteiger partial charge in [0.05, 0.1) is 22.3 Å². The summed E-state index contributed by atoms with van der Waals surface area (Å²) in [6.45, 7) is -3.08. The number of nitrogens with two attached hydrogens (primary N) is 1. The average molecular weight is 478 g/mol. The minimum Gasteiger partial charge on any atom is -0.435 e. The normalized spacial score (nSPS) is 11.9. The third-order valence-corrected chi connectivity index (χ3v) is 5.07. The Balaban J connectivity index is 2.07. The minimum absolute atomic E-state index is 0.0591. The Bertz CT molecular complexity index is 1510. The monoisotopic (exact) mass is 478 g/mol. The van der Waals surface area contributed by atoms with Gasteiger partial charge in [0.2, 0.25) is 5.56 Å². The van der Waals surface area contributed by atoms with Gasteiger partial charge >= 0.3 is 12.8 Å². The number of pyridine rings is 3. The van der Waals surface area contributed by atoms with Gasteiger partial charge in [-0.2, -0.15) is 22.0 Å². The molecule has 0 unspecified atom stereocenters. The summed E-state index contributed by atoms with van der Waals surface area (Å²) >= 11 is 0. The van der Waals surface area contributed by atoms with E-state index < -0.39 is 23.9 Å². The Hall–Kier alpha value is -4.22. The Morgan fingerprint density at radius 1 is 1.06 bits per heavy atom. The molecule has 4 rings (SSSR count). The number of nitrogens with zero attached hydrogens (tertiary/aromatic N) is 3. The van der Waals surface area contributed by atoms with Crippen molar-refractivity contribution in [3.63, 3.8) is 0 Å². The lowest BCUT2D eigenvalue weighted by Gasteiger charge is -2.17. The van der Waals surface area contributed by atoms with Crippen LogP contribution in [0.25, 0.3) is 27.8 Å². The first-order valence-corrected chi connectivity index (χ1v) is 9.61. The molecule has 3 heterocycles. The molecule has 176 valence electrons. The van der Waals surface area contributed by atoms with Crippen LogP contribution in [0.4, 0.5) is 27.6 Å². The lowest BCUT2D eigenvalue weighted by atomic mass is 10.0. The molecule has 2 N–H and O–H groups in total. The second kappa shape index (κ2) is 8.28. The molecule has 0 aliphatic carbocycles. The van der Waals surface area contributed by atoms with E-state index in [-0.39, 0.29) is 44.8 Å². The Kier molecular flexibility index (Phi) is 5.59. The quantitative estimate of drug-likeness (QED) is 0.449. The summed E-state index contributed by atoms with van der Waals surface area (Å²) in [5.74, 6) is -0.209. The van der Waals surface area contributed by atoms with Crippen molar-refractivity contribution >= 4 is 16.7 Å². The molecule has 1 aromatic carbocycles. The third kappa shape index (κ3) is 4.09. The highest BCUT2D eigenvalue weighted by atomic mass is 19.4. The smallest absolute Gasteiger partial charge is 0.417 e. The number of hydrogen-bond donors (Lipinski definition) is 1. The first-order valence-electron chi connectivity index (χ1n) is 9.61. The lowest BCUT2D eigenvalue weighted by Crippen LogP contribution is -2.24. The molecule has 7 nitrogen and oxygen atoms in total. The maximum absolute atomic E-state index is 13.6. The van der Waals surface area contributed by atoms with Crippen LogP contribution in [0.2, 0.25) is 0 Å². The van der Waals surface area contributed by atoms with E-state index in [9.17, 15) is 31.5 Å². The van der Waals surface area contributed by atoms with Gasteiger partial charge in [0.25, 0.3) is 5.56 Å². The summed E-state index contributed by atoms with van der Waals surface area (Å²) in [4.78, 5) is 29.2. The molecule has 0 radical (unpaired) electrons. The van der Waals surface area contributed by atoms with Gasteiger partial charge in [0.15, 0.2) is 0 Å². The van der Waals surface area contributed by atoms with E-state index in [2.05, 4.69) is 9.72 Å². The Morgan fingerprint density at radius 3 is 2.32 bits per heavy atom. The fraction of sp³-hybridized carbons (Fsp3) is 0.136. The maximum atomic E-state index is 13.6. The van der Waals surface area contributed by atoms with Gasteiger partial charge in [0.1, 0.15) is 11.3 Å². The number of fused-ring (bicyclic) bond motifs is 1. The van der Waals surface area contributed by atoms with E-state index >= 15 is 0 Å². The molecule has 0 aliphatic heterocycles. The van der Waals surface area contributed by atoms with E-state index in [4.69, 9.17) is 5.73 Å². The zero-order valence-electron chi connectivity index (χ0n) is 17.3.